The molecule has 0 aliphatic carbocycles. The van der Waals surface area contributed by atoms with Crippen molar-refractivity contribution in [3.63, 3.8) is 0 Å². The Morgan fingerprint density at radius 2 is 1.26 bits per heavy atom. The van der Waals surface area contributed by atoms with Crippen LogP contribution in [0, 0.1) is 0 Å². The summed E-state index contributed by atoms with van der Waals surface area (Å²) in [6, 6.07) is -1.66. The summed E-state index contributed by atoms with van der Waals surface area (Å²) < 4.78 is 4.82. The van der Waals surface area contributed by atoms with Crippen LogP contribution < -0.4 is 0 Å². The number of esters is 1. The van der Waals surface area contributed by atoms with Gasteiger partial charge in [-0.2, -0.15) is 0 Å². The van der Waals surface area contributed by atoms with Crippen LogP contribution in [0.25, 0.3) is 0 Å². The first kappa shape index (κ1) is 19.4. The number of likely N-dealkylation sites (tertiary alicyclic amines) is 3. The molecule has 3 heterocycles. The van der Waals surface area contributed by atoms with E-state index in [1.54, 1.807) is 14.7 Å². The lowest BCUT2D eigenvalue weighted by Crippen LogP contribution is -2.54. The van der Waals surface area contributed by atoms with Crippen molar-refractivity contribution in [2.24, 2.45) is 0 Å². The average molecular weight is 377 g/mol. The quantitative estimate of drug-likeness (QED) is 0.520. The molecule has 3 saturated heterocycles. The summed E-state index contributed by atoms with van der Waals surface area (Å²) in [5, 5.41) is 0. The first-order valence-corrected chi connectivity index (χ1v) is 9.61. The molecule has 3 fully saturated rings. The zero-order chi connectivity index (χ0) is 19.6. The van der Waals surface area contributed by atoms with Crippen LogP contribution in [-0.2, 0) is 23.9 Å². The van der Waals surface area contributed by atoms with Crippen LogP contribution in [-0.4, -0.2) is 83.3 Å². The lowest BCUT2D eigenvalue weighted by atomic mass is 10.1. The third-order valence-corrected chi connectivity index (χ3v) is 5.83. The molecular weight excluding hydrogens is 350 g/mol. The maximum Gasteiger partial charge on any atom is 0.328 e. The second-order valence-electron chi connectivity index (χ2n) is 7.30. The van der Waals surface area contributed by atoms with E-state index in [9.17, 15) is 19.2 Å². The summed E-state index contributed by atoms with van der Waals surface area (Å²) in [4.78, 5) is 54.9. The zero-order valence-electron chi connectivity index (χ0n) is 15.8. The van der Waals surface area contributed by atoms with E-state index in [1.165, 1.54) is 13.2 Å². The summed E-state index contributed by atoms with van der Waals surface area (Å²) in [6.07, 6.45) is 5.24. The predicted molar refractivity (Wildman–Crippen MR) is 96.4 cm³/mol. The minimum atomic E-state index is -0.566. The van der Waals surface area contributed by atoms with Crippen LogP contribution in [0.4, 0.5) is 0 Å². The SMILES string of the molecule is C=CC(=O)N1CCC[C@H]1C(=O)N1CCC[C@H]1C(=O)N1CCC[C@H]1C(=O)OC. The van der Waals surface area contributed by atoms with Gasteiger partial charge in [-0.05, 0) is 44.6 Å². The summed E-state index contributed by atoms with van der Waals surface area (Å²) >= 11 is 0. The lowest BCUT2D eigenvalue weighted by molar-refractivity contribution is -0.154. The molecule has 0 bridgehead atoms. The van der Waals surface area contributed by atoms with Gasteiger partial charge < -0.3 is 19.4 Å². The Morgan fingerprint density at radius 3 is 1.78 bits per heavy atom. The molecule has 0 radical (unpaired) electrons. The van der Waals surface area contributed by atoms with Gasteiger partial charge in [0.2, 0.25) is 17.7 Å². The zero-order valence-corrected chi connectivity index (χ0v) is 15.8. The van der Waals surface area contributed by atoms with Gasteiger partial charge in [0, 0.05) is 19.6 Å². The van der Waals surface area contributed by atoms with E-state index >= 15 is 0 Å². The Labute approximate surface area is 159 Å². The largest absolute Gasteiger partial charge is 0.467 e. The summed E-state index contributed by atoms with van der Waals surface area (Å²) in [5.74, 6) is -1.02. The average Bonchev–Trinajstić information content (AvgIpc) is 3.44. The van der Waals surface area contributed by atoms with Crippen molar-refractivity contribution in [3.8, 4) is 0 Å². The van der Waals surface area contributed by atoms with Crippen molar-refractivity contribution in [2.75, 3.05) is 26.7 Å². The van der Waals surface area contributed by atoms with Crippen molar-refractivity contribution >= 4 is 23.7 Å². The molecule has 0 N–H and O–H groups in total. The number of methoxy groups -OCH3 is 1. The molecule has 3 aliphatic rings. The molecule has 0 aromatic heterocycles. The molecule has 0 unspecified atom stereocenters. The van der Waals surface area contributed by atoms with Crippen molar-refractivity contribution in [1.82, 2.24) is 14.7 Å². The third kappa shape index (κ3) is 3.57. The van der Waals surface area contributed by atoms with E-state index in [0.717, 1.165) is 19.3 Å². The van der Waals surface area contributed by atoms with Crippen LogP contribution in [0.5, 0.6) is 0 Å². The first-order chi connectivity index (χ1) is 13.0. The molecule has 0 saturated carbocycles. The van der Waals surface area contributed by atoms with E-state index in [2.05, 4.69) is 6.58 Å². The van der Waals surface area contributed by atoms with Crippen LogP contribution in [0.3, 0.4) is 0 Å². The normalized spacial score (nSPS) is 27.7. The number of nitrogens with zero attached hydrogens (tertiary/aromatic N) is 3. The topological polar surface area (TPSA) is 87.2 Å². The molecule has 0 spiro atoms. The molecule has 3 aliphatic heterocycles. The number of carbonyl (C=O) groups excluding carboxylic acids is 4. The standard InChI is InChI=1S/C19H27N3O5/c1-3-16(23)20-10-4-7-13(20)17(24)21-11-5-8-14(21)18(25)22-12-6-9-15(22)19(26)27-2/h3,13-15H,1,4-12H2,2H3/t13-,14-,15-/m0/s1. The summed E-state index contributed by atoms with van der Waals surface area (Å²) in [6.45, 7) is 5.04. The van der Waals surface area contributed by atoms with Gasteiger partial charge in [0.05, 0.1) is 7.11 Å². The maximum atomic E-state index is 13.1. The Bertz CT molecular complexity index is 649. The molecule has 148 valence electrons. The fourth-order valence-electron chi connectivity index (χ4n) is 4.49. The predicted octanol–water partition coefficient (Wildman–Crippen LogP) is 0.318. The highest BCUT2D eigenvalue weighted by Gasteiger charge is 2.45. The Morgan fingerprint density at radius 1 is 0.815 bits per heavy atom. The molecule has 27 heavy (non-hydrogen) atoms. The summed E-state index contributed by atoms with van der Waals surface area (Å²) in [5.41, 5.74) is 0. The van der Waals surface area contributed by atoms with Crippen LogP contribution >= 0.6 is 0 Å². The van der Waals surface area contributed by atoms with Gasteiger partial charge in [-0.25, -0.2) is 4.79 Å². The highest BCUT2D eigenvalue weighted by Crippen LogP contribution is 2.28. The van der Waals surface area contributed by atoms with Crippen molar-refractivity contribution in [3.05, 3.63) is 12.7 Å². The second kappa shape index (κ2) is 8.10. The Hall–Kier alpha value is -2.38. The molecule has 3 rings (SSSR count). The van der Waals surface area contributed by atoms with E-state index in [-0.39, 0.29) is 17.7 Å². The van der Waals surface area contributed by atoms with Gasteiger partial charge >= 0.3 is 5.97 Å². The van der Waals surface area contributed by atoms with Gasteiger partial charge in [0.1, 0.15) is 18.1 Å². The van der Waals surface area contributed by atoms with E-state index in [0.29, 0.717) is 38.9 Å². The van der Waals surface area contributed by atoms with Crippen molar-refractivity contribution in [2.45, 2.75) is 56.7 Å². The second-order valence-corrected chi connectivity index (χ2v) is 7.30. The van der Waals surface area contributed by atoms with Gasteiger partial charge in [-0.15, -0.1) is 0 Å². The molecular formula is C19H27N3O5. The van der Waals surface area contributed by atoms with Crippen LogP contribution in [0.1, 0.15) is 38.5 Å². The fourth-order valence-corrected chi connectivity index (χ4v) is 4.49. The number of hydrogen-bond donors (Lipinski definition) is 0. The third-order valence-electron chi connectivity index (χ3n) is 5.83. The fraction of sp³-hybridized carbons (Fsp3) is 0.684. The van der Waals surface area contributed by atoms with E-state index in [1.807, 2.05) is 0 Å². The smallest absolute Gasteiger partial charge is 0.328 e. The summed E-state index contributed by atoms with van der Waals surface area (Å²) in [7, 11) is 1.32. The molecule has 3 amide bonds. The Balaban J connectivity index is 1.74. The van der Waals surface area contributed by atoms with Crippen LogP contribution in [0.15, 0.2) is 12.7 Å². The maximum absolute atomic E-state index is 13.1. The number of carbonyl (C=O) groups is 4. The van der Waals surface area contributed by atoms with Crippen LogP contribution in [0.2, 0.25) is 0 Å². The molecule has 3 atom stereocenters. The minimum Gasteiger partial charge on any atom is -0.467 e. The first-order valence-electron chi connectivity index (χ1n) is 9.61. The Kier molecular flexibility index (Phi) is 5.82. The van der Waals surface area contributed by atoms with E-state index in [4.69, 9.17) is 4.74 Å². The number of ether oxygens (including phenoxy) is 1. The van der Waals surface area contributed by atoms with Gasteiger partial charge in [0.25, 0.3) is 0 Å². The van der Waals surface area contributed by atoms with E-state index < -0.39 is 24.1 Å². The minimum absolute atomic E-state index is 0.174. The number of rotatable bonds is 4. The molecule has 0 aromatic carbocycles. The van der Waals surface area contributed by atoms with Gasteiger partial charge in [-0.1, -0.05) is 6.58 Å². The van der Waals surface area contributed by atoms with Gasteiger partial charge in [0.15, 0.2) is 0 Å². The molecule has 8 heteroatoms. The highest BCUT2D eigenvalue weighted by molar-refractivity contribution is 5.96. The van der Waals surface area contributed by atoms with Gasteiger partial charge in [-0.3, -0.25) is 14.4 Å². The van der Waals surface area contributed by atoms with Crippen molar-refractivity contribution in [1.29, 1.82) is 0 Å². The highest BCUT2D eigenvalue weighted by atomic mass is 16.5. The monoisotopic (exact) mass is 377 g/mol. The van der Waals surface area contributed by atoms with Crippen molar-refractivity contribution < 1.29 is 23.9 Å². The lowest BCUT2D eigenvalue weighted by Gasteiger charge is -2.33. The number of hydrogen-bond acceptors (Lipinski definition) is 5. The number of amides is 3. The molecule has 8 nitrogen and oxygen atoms in total. The molecule has 0 aromatic rings.